The Bertz CT molecular complexity index is 378. The largest absolute Gasteiger partial charge is 0.307 e. The van der Waals surface area contributed by atoms with Gasteiger partial charge in [0.25, 0.3) is 0 Å². The Kier molecular flexibility index (Phi) is 6.02. The number of hydrogen-bond donors (Lipinski definition) is 1. The predicted molar refractivity (Wildman–Crippen MR) is 82.4 cm³/mol. The maximum absolute atomic E-state index is 4.39. The van der Waals surface area contributed by atoms with E-state index in [1.54, 1.807) is 6.33 Å². The molecule has 1 heterocycles. The molecule has 1 aliphatic carbocycles. The van der Waals surface area contributed by atoms with E-state index in [1.165, 1.54) is 38.5 Å². The average molecular weight is 278 g/mol. The van der Waals surface area contributed by atoms with Crippen molar-refractivity contribution >= 4 is 0 Å². The lowest BCUT2D eigenvalue weighted by Gasteiger charge is -2.29. The van der Waals surface area contributed by atoms with Gasteiger partial charge in [-0.15, -0.1) is 0 Å². The van der Waals surface area contributed by atoms with Gasteiger partial charge in [0.1, 0.15) is 12.2 Å². The lowest BCUT2D eigenvalue weighted by Crippen LogP contribution is -2.33. The Morgan fingerprint density at radius 1 is 1.30 bits per heavy atom. The summed E-state index contributed by atoms with van der Waals surface area (Å²) in [5, 5.41) is 8.00. The van der Waals surface area contributed by atoms with Gasteiger partial charge in [-0.1, -0.05) is 33.6 Å². The highest BCUT2D eigenvalue weighted by atomic mass is 15.3. The van der Waals surface area contributed by atoms with Crippen LogP contribution in [0.15, 0.2) is 6.33 Å². The summed E-state index contributed by atoms with van der Waals surface area (Å²) in [4.78, 5) is 4.39. The second kappa shape index (κ2) is 7.77. The van der Waals surface area contributed by atoms with Crippen LogP contribution >= 0.6 is 0 Å². The Morgan fingerprint density at radius 2 is 2.05 bits per heavy atom. The topological polar surface area (TPSA) is 42.7 Å². The van der Waals surface area contributed by atoms with Gasteiger partial charge in [0.2, 0.25) is 0 Å². The highest BCUT2D eigenvalue weighted by molar-refractivity contribution is 4.86. The molecule has 0 saturated heterocycles. The third kappa shape index (κ3) is 4.58. The number of rotatable bonds is 7. The van der Waals surface area contributed by atoms with E-state index in [4.69, 9.17) is 0 Å². The summed E-state index contributed by atoms with van der Waals surface area (Å²) in [6, 6.07) is 0.673. The van der Waals surface area contributed by atoms with E-state index in [0.29, 0.717) is 12.0 Å². The average Bonchev–Trinajstić information content (AvgIpc) is 2.85. The Balaban J connectivity index is 1.75. The molecule has 0 radical (unpaired) electrons. The molecule has 1 aromatic heterocycles. The molecule has 1 aliphatic rings. The minimum Gasteiger partial charge on any atom is -0.307 e. The molecule has 114 valence electrons. The molecule has 2 rings (SSSR count). The highest BCUT2D eigenvalue weighted by Crippen LogP contribution is 2.27. The zero-order valence-corrected chi connectivity index (χ0v) is 13.3. The molecule has 1 aromatic rings. The first-order chi connectivity index (χ1) is 9.69. The monoisotopic (exact) mass is 278 g/mol. The van der Waals surface area contributed by atoms with Crippen molar-refractivity contribution in [3.63, 3.8) is 0 Å². The summed E-state index contributed by atoms with van der Waals surface area (Å²) in [6.07, 6.45) is 9.86. The molecule has 1 fully saturated rings. The minimum absolute atomic E-state index is 0.611. The smallest absolute Gasteiger partial charge is 0.140 e. The van der Waals surface area contributed by atoms with Gasteiger partial charge in [-0.2, -0.15) is 5.10 Å². The third-order valence-electron chi connectivity index (χ3n) is 4.33. The zero-order chi connectivity index (χ0) is 14.4. The zero-order valence-electron chi connectivity index (χ0n) is 13.3. The molecule has 1 saturated carbocycles. The number of hydrogen-bond acceptors (Lipinski definition) is 3. The summed E-state index contributed by atoms with van der Waals surface area (Å²) in [5.74, 6) is 2.66. The molecule has 20 heavy (non-hydrogen) atoms. The second-order valence-corrected chi connectivity index (χ2v) is 6.64. The van der Waals surface area contributed by atoms with Crippen molar-refractivity contribution in [3.05, 3.63) is 12.2 Å². The minimum atomic E-state index is 0.611. The summed E-state index contributed by atoms with van der Waals surface area (Å²) in [5.41, 5.74) is 0. The van der Waals surface area contributed by atoms with Crippen molar-refractivity contribution in [3.8, 4) is 0 Å². The molecular formula is C16H30N4. The van der Waals surface area contributed by atoms with Crippen molar-refractivity contribution in [1.82, 2.24) is 20.1 Å². The van der Waals surface area contributed by atoms with Crippen molar-refractivity contribution in [1.29, 1.82) is 0 Å². The molecule has 0 spiro atoms. The highest BCUT2D eigenvalue weighted by Gasteiger charge is 2.20. The molecule has 0 unspecified atom stereocenters. The van der Waals surface area contributed by atoms with E-state index < -0.39 is 0 Å². The van der Waals surface area contributed by atoms with Crippen molar-refractivity contribution in [2.24, 2.45) is 11.8 Å². The quantitative estimate of drug-likeness (QED) is 0.831. The van der Waals surface area contributed by atoms with Crippen LogP contribution in [-0.2, 0) is 13.1 Å². The van der Waals surface area contributed by atoms with Gasteiger partial charge in [0.05, 0.1) is 6.54 Å². The molecule has 4 heteroatoms. The fraction of sp³-hybridized carbons (Fsp3) is 0.875. The van der Waals surface area contributed by atoms with Gasteiger partial charge in [0.15, 0.2) is 0 Å². The molecule has 0 bridgehead atoms. The fourth-order valence-corrected chi connectivity index (χ4v) is 3.22. The van der Waals surface area contributed by atoms with Gasteiger partial charge in [-0.25, -0.2) is 9.67 Å². The van der Waals surface area contributed by atoms with E-state index >= 15 is 0 Å². The number of nitrogens with one attached hydrogen (secondary N) is 1. The van der Waals surface area contributed by atoms with E-state index in [9.17, 15) is 0 Å². The van der Waals surface area contributed by atoms with Gasteiger partial charge in [-0.3, -0.25) is 0 Å². The van der Waals surface area contributed by atoms with E-state index in [1.807, 2.05) is 4.68 Å². The normalized spacial score (nSPS) is 23.4. The summed E-state index contributed by atoms with van der Waals surface area (Å²) in [7, 11) is 0. The summed E-state index contributed by atoms with van der Waals surface area (Å²) < 4.78 is 2.04. The van der Waals surface area contributed by atoms with Gasteiger partial charge in [0, 0.05) is 12.6 Å². The number of aromatic nitrogens is 3. The van der Waals surface area contributed by atoms with E-state index in [0.717, 1.165) is 24.8 Å². The summed E-state index contributed by atoms with van der Waals surface area (Å²) in [6.45, 7) is 8.55. The Hall–Kier alpha value is -0.900. The first-order valence-corrected chi connectivity index (χ1v) is 8.29. The lowest BCUT2D eigenvalue weighted by molar-refractivity contribution is 0.275. The van der Waals surface area contributed by atoms with Crippen LogP contribution in [0.5, 0.6) is 0 Å². The maximum atomic E-state index is 4.39. The summed E-state index contributed by atoms with van der Waals surface area (Å²) >= 11 is 0. The maximum Gasteiger partial charge on any atom is 0.140 e. The first kappa shape index (κ1) is 15.5. The fourth-order valence-electron chi connectivity index (χ4n) is 3.22. The van der Waals surface area contributed by atoms with Crippen LogP contribution in [0.25, 0.3) is 0 Å². The predicted octanol–water partition coefficient (Wildman–Crippen LogP) is 3.38. The molecule has 0 amide bonds. The van der Waals surface area contributed by atoms with Crippen LogP contribution in [-0.4, -0.2) is 20.8 Å². The van der Waals surface area contributed by atoms with Crippen LogP contribution in [0.2, 0.25) is 0 Å². The molecule has 0 aliphatic heterocycles. The Labute approximate surface area is 123 Å². The molecule has 1 N–H and O–H groups in total. The van der Waals surface area contributed by atoms with Crippen LogP contribution in [0, 0.1) is 11.8 Å². The molecule has 4 nitrogen and oxygen atoms in total. The second-order valence-electron chi connectivity index (χ2n) is 6.64. The van der Waals surface area contributed by atoms with Crippen LogP contribution in [0.3, 0.4) is 0 Å². The lowest BCUT2D eigenvalue weighted by atomic mass is 9.83. The van der Waals surface area contributed by atoms with E-state index in [-0.39, 0.29) is 0 Å². The van der Waals surface area contributed by atoms with Gasteiger partial charge < -0.3 is 5.32 Å². The van der Waals surface area contributed by atoms with Crippen molar-refractivity contribution in [2.75, 3.05) is 0 Å². The van der Waals surface area contributed by atoms with Gasteiger partial charge in [-0.05, 0) is 37.5 Å². The number of nitrogens with zero attached hydrogens (tertiary/aromatic N) is 3. The molecular weight excluding hydrogens is 248 g/mol. The Morgan fingerprint density at radius 3 is 2.70 bits per heavy atom. The van der Waals surface area contributed by atoms with Crippen LogP contribution in [0.1, 0.15) is 65.1 Å². The SMILES string of the molecule is CCCC1CCC(NCc2ncnn2CC(C)C)CC1. The van der Waals surface area contributed by atoms with Crippen LogP contribution < -0.4 is 5.32 Å². The first-order valence-electron chi connectivity index (χ1n) is 8.29. The molecule has 0 atom stereocenters. The van der Waals surface area contributed by atoms with Gasteiger partial charge >= 0.3 is 0 Å². The standard InChI is InChI=1S/C16H30N4/c1-4-5-14-6-8-15(9-7-14)17-10-16-18-12-19-20(16)11-13(2)3/h12-15,17H,4-11H2,1-3H3. The van der Waals surface area contributed by atoms with Crippen molar-refractivity contribution in [2.45, 2.75) is 78.4 Å². The molecule has 0 aromatic carbocycles. The van der Waals surface area contributed by atoms with Crippen molar-refractivity contribution < 1.29 is 0 Å². The third-order valence-corrected chi connectivity index (χ3v) is 4.33. The van der Waals surface area contributed by atoms with Crippen LogP contribution in [0.4, 0.5) is 0 Å². The van der Waals surface area contributed by atoms with E-state index in [2.05, 4.69) is 36.2 Å².